The van der Waals surface area contributed by atoms with E-state index >= 15 is 0 Å². The van der Waals surface area contributed by atoms with E-state index < -0.39 is 0 Å². The first-order valence-corrected chi connectivity index (χ1v) is 13.1. The molecule has 0 spiro atoms. The van der Waals surface area contributed by atoms with Crippen LogP contribution < -0.4 is 14.8 Å². The van der Waals surface area contributed by atoms with Crippen molar-refractivity contribution in [3.05, 3.63) is 83.6 Å². The van der Waals surface area contributed by atoms with Gasteiger partial charge in [-0.05, 0) is 74.0 Å². The summed E-state index contributed by atoms with van der Waals surface area (Å²) >= 11 is 1.62. The zero-order chi connectivity index (χ0) is 24.7. The number of hydrogen-bond acceptors (Lipinski definition) is 7. The Morgan fingerprint density at radius 1 is 1.08 bits per heavy atom. The molecule has 0 saturated carbocycles. The van der Waals surface area contributed by atoms with Gasteiger partial charge in [-0.1, -0.05) is 18.2 Å². The van der Waals surface area contributed by atoms with Crippen LogP contribution in [0.15, 0.2) is 72.4 Å². The van der Waals surface area contributed by atoms with Crippen molar-refractivity contribution in [3.63, 3.8) is 0 Å². The molecular formula is C28H30N4O3S. The smallest absolute Gasteiger partial charge is 0.224 e. The van der Waals surface area contributed by atoms with E-state index in [-0.39, 0.29) is 17.9 Å². The monoisotopic (exact) mass is 502 g/mol. The number of nitrogens with zero attached hydrogens (tertiary/aromatic N) is 3. The van der Waals surface area contributed by atoms with Crippen LogP contribution in [-0.4, -0.2) is 54.1 Å². The van der Waals surface area contributed by atoms with Crippen LogP contribution in [0.25, 0.3) is 10.2 Å². The molecule has 4 aromatic rings. The maximum absolute atomic E-state index is 13.3. The highest BCUT2D eigenvalue weighted by atomic mass is 32.1. The molecule has 2 aromatic heterocycles. The van der Waals surface area contributed by atoms with Gasteiger partial charge in [-0.2, -0.15) is 0 Å². The quantitative estimate of drug-likeness (QED) is 0.358. The van der Waals surface area contributed by atoms with Crippen molar-refractivity contribution in [2.45, 2.75) is 18.9 Å². The van der Waals surface area contributed by atoms with Crippen molar-refractivity contribution in [1.82, 2.24) is 20.2 Å². The highest BCUT2D eigenvalue weighted by Crippen LogP contribution is 2.26. The lowest BCUT2D eigenvalue weighted by molar-refractivity contribution is -0.127. The lowest BCUT2D eigenvalue weighted by Gasteiger charge is -2.32. The fraction of sp³-hybridized carbons (Fsp3) is 0.321. The molecule has 1 unspecified atom stereocenters. The first kappa shape index (κ1) is 24.2. The number of hydrogen-bond donors (Lipinski definition) is 1. The summed E-state index contributed by atoms with van der Waals surface area (Å²) in [6.45, 7) is 3.22. The van der Waals surface area contributed by atoms with Gasteiger partial charge >= 0.3 is 0 Å². The van der Waals surface area contributed by atoms with Gasteiger partial charge in [0.15, 0.2) is 0 Å². The second-order valence-corrected chi connectivity index (χ2v) is 9.81. The SMILES string of the molecule is COc1cccc(C(NC(=O)C2CCN(CCOc3ccc4ncsc4c3)CC2)c2ccccn2)c1. The molecule has 1 saturated heterocycles. The Bertz CT molecular complexity index is 1290. The average molecular weight is 503 g/mol. The molecule has 7 nitrogen and oxygen atoms in total. The molecule has 1 amide bonds. The second-order valence-electron chi connectivity index (χ2n) is 8.92. The normalized spacial score (nSPS) is 15.5. The minimum atomic E-state index is -0.323. The molecule has 1 N–H and O–H groups in total. The van der Waals surface area contributed by atoms with E-state index in [4.69, 9.17) is 9.47 Å². The number of ether oxygens (including phenoxy) is 2. The third-order valence-corrected chi connectivity index (χ3v) is 7.43. The van der Waals surface area contributed by atoms with Gasteiger partial charge in [-0.15, -0.1) is 11.3 Å². The molecular weight excluding hydrogens is 472 g/mol. The van der Waals surface area contributed by atoms with Crippen molar-refractivity contribution in [2.75, 3.05) is 33.4 Å². The number of piperidine rings is 1. The van der Waals surface area contributed by atoms with Gasteiger partial charge in [0.2, 0.25) is 5.91 Å². The summed E-state index contributed by atoms with van der Waals surface area (Å²) in [4.78, 5) is 24.5. The minimum Gasteiger partial charge on any atom is -0.497 e. The van der Waals surface area contributed by atoms with Crippen LogP contribution in [0.5, 0.6) is 11.5 Å². The number of aromatic nitrogens is 2. The molecule has 186 valence electrons. The number of benzene rings is 2. The van der Waals surface area contributed by atoms with E-state index in [9.17, 15) is 4.79 Å². The van der Waals surface area contributed by atoms with Gasteiger partial charge in [0, 0.05) is 18.7 Å². The maximum Gasteiger partial charge on any atom is 0.224 e. The number of likely N-dealkylation sites (tertiary alicyclic amines) is 1. The number of carbonyl (C=O) groups excluding carboxylic acids is 1. The van der Waals surface area contributed by atoms with E-state index in [0.717, 1.165) is 65.4 Å². The molecule has 3 heterocycles. The number of nitrogens with one attached hydrogen (secondary N) is 1. The van der Waals surface area contributed by atoms with E-state index in [2.05, 4.69) is 20.2 Å². The largest absolute Gasteiger partial charge is 0.497 e. The third-order valence-electron chi connectivity index (χ3n) is 6.63. The van der Waals surface area contributed by atoms with Crippen LogP contribution >= 0.6 is 11.3 Å². The summed E-state index contributed by atoms with van der Waals surface area (Å²) in [7, 11) is 1.64. The average Bonchev–Trinajstić information content (AvgIpc) is 3.40. The molecule has 1 aliphatic heterocycles. The Hall–Kier alpha value is -3.49. The zero-order valence-electron chi connectivity index (χ0n) is 20.3. The second kappa shape index (κ2) is 11.5. The maximum atomic E-state index is 13.3. The van der Waals surface area contributed by atoms with Crippen molar-refractivity contribution in [3.8, 4) is 11.5 Å². The minimum absolute atomic E-state index is 0.0206. The Kier molecular flexibility index (Phi) is 7.73. The summed E-state index contributed by atoms with van der Waals surface area (Å²) in [6.07, 6.45) is 3.40. The summed E-state index contributed by atoms with van der Waals surface area (Å²) in [5.74, 6) is 1.68. The lowest BCUT2D eigenvalue weighted by atomic mass is 9.94. The number of amides is 1. The topological polar surface area (TPSA) is 76.6 Å². The van der Waals surface area contributed by atoms with Crippen LogP contribution in [0.1, 0.15) is 30.1 Å². The first-order chi connectivity index (χ1) is 17.7. The van der Waals surface area contributed by atoms with Crippen molar-refractivity contribution in [1.29, 1.82) is 0 Å². The van der Waals surface area contributed by atoms with Crippen LogP contribution in [0.3, 0.4) is 0 Å². The van der Waals surface area contributed by atoms with Crippen LogP contribution in [0.4, 0.5) is 0 Å². The molecule has 2 aromatic carbocycles. The van der Waals surface area contributed by atoms with Gasteiger partial charge in [-0.3, -0.25) is 14.7 Å². The Morgan fingerprint density at radius 3 is 2.78 bits per heavy atom. The third kappa shape index (κ3) is 5.83. The van der Waals surface area contributed by atoms with E-state index in [1.54, 1.807) is 24.6 Å². The van der Waals surface area contributed by atoms with Crippen LogP contribution in [0, 0.1) is 5.92 Å². The summed E-state index contributed by atoms with van der Waals surface area (Å²) in [6, 6.07) is 19.2. The van der Waals surface area contributed by atoms with Gasteiger partial charge in [0.1, 0.15) is 18.1 Å². The molecule has 36 heavy (non-hydrogen) atoms. The summed E-state index contributed by atoms with van der Waals surface area (Å²) < 4.78 is 12.5. The molecule has 1 aliphatic rings. The number of methoxy groups -OCH3 is 1. The van der Waals surface area contributed by atoms with Crippen molar-refractivity contribution < 1.29 is 14.3 Å². The van der Waals surface area contributed by atoms with Gasteiger partial charge in [0.25, 0.3) is 0 Å². The lowest BCUT2D eigenvalue weighted by Crippen LogP contribution is -2.42. The van der Waals surface area contributed by atoms with Crippen LogP contribution in [0.2, 0.25) is 0 Å². The molecule has 0 radical (unpaired) electrons. The predicted molar refractivity (Wildman–Crippen MR) is 141 cm³/mol. The highest BCUT2D eigenvalue weighted by Gasteiger charge is 2.28. The van der Waals surface area contributed by atoms with E-state index in [0.29, 0.717) is 6.61 Å². The fourth-order valence-corrected chi connectivity index (χ4v) is 5.30. The number of pyridine rings is 1. The van der Waals surface area contributed by atoms with Crippen molar-refractivity contribution >= 4 is 27.5 Å². The Morgan fingerprint density at radius 2 is 1.97 bits per heavy atom. The molecule has 0 aliphatic carbocycles. The first-order valence-electron chi connectivity index (χ1n) is 12.2. The molecule has 1 atom stereocenters. The number of rotatable bonds is 9. The molecule has 8 heteroatoms. The van der Waals surface area contributed by atoms with Gasteiger partial charge in [0.05, 0.1) is 34.6 Å². The van der Waals surface area contributed by atoms with E-state index in [1.807, 2.05) is 66.2 Å². The molecule has 1 fully saturated rings. The summed E-state index contributed by atoms with van der Waals surface area (Å²) in [5, 5.41) is 3.26. The number of carbonyl (C=O) groups is 1. The zero-order valence-corrected chi connectivity index (χ0v) is 21.1. The standard InChI is InChI=1S/C28H30N4O3S/c1-34-22-6-4-5-21(17-22)27(25-7-2-3-12-29-25)31-28(33)20-10-13-32(14-11-20)15-16-35-23-8-9-24-26(18-23)36-19-30-24/h2-9,12,17-20,27H,10-11,13-16H2,1H3,(H,31,33). The van der Waals surface area contributed by atoms with Gasteiger partial charge < -0.3 is 14.8 Å². The Labute approximate surface area is 215 Å². The predicted octanol–water partition coefficient (Wildman–Crippen LogP) is 4.70. The fourth-order valence-electron chi connectivity index (χ4n) is 4.59. The Balaban J connectivity index is 1.14. The molecule has 0 bridgehead atoms. The molecule has 5 rings (SSSR count). The summed E-state index contributed by atoms with van der Waals surface area (Å²) in [5.41, 5.74) is 4.62. The van der Waals surface area contributed by atoms with Crippen LogP contribution in [-0.2, 0) is 4.79 Å². The number of thiazole rings is 1. The van der Waals surface area contributed by atoms with E-state index in [1.165, 1.54) is 0 Å². The number of fused-ring (bicyclic) bond motifs is 1. The van der Waals surface area contributed by atoms with Crippen molar-refractivity contribution in [2.24, 2.45) is 5.92 Å². The highest BCUT2D eigenvalue weighted by molar-refractivity contribution is 7.16. The van der Waals surface area contributed by atoms with Gasteiger partial charge in [-0.25, -0.2) is 4.98 Å².